The Morgan fingerprint density at radius 1 is 1.60 bits per heavy atom. The normalized spacial score (nSPS) is 10.8. The van der Waals surface area contributed by atoms with Crippen molar-refractivity contribution >= 4 is 11.6 Å². The highest BCUT2D eigenvalue weighted by molar-refractivity contribution is 5.94. The fourth-order valence-corrected chi connectivity index (χ4v) is 1.65. The second-order valence-electron chi connectivity index (χ2n) is 3.47. The van der Waals surface area contributed by atoms with Crippen LogP contribution in [0.2, 0.25) is 0 Å². The van der Waals surface area contributed by atoms with Crippen LogP contribution in [0, 0.1) is 6.92 Å². The molecular formula is C11H12N2O2. The summed E-state index contributed by atoms with van der Waals surface area (Å²) in [5.41, 5.74) is 2.71. The predicted molar refractivity (Wildman–Crippen MR) is 56.3 cm³/mol. The maximum absolute atomic E-state index is 10.9. The van der Waals surface area contributed by atoms with Gasteiger partial charge in [0.15, 0.2) is 5.65 Å². The third-order valence-electron chi connectivity index (χ3n) is 2.46. The predicted octanol–water partition coefficient (Wildman–Crippen LogP) is 1.90. The van der Waals surface area contributed by atoms with Gasteiger partial charge < -0.3 is 9.51 Å². The minimum absolute atomic E-state index is 0.258. The van der Waals surface area contributed by atoms with Crippen LogP contribution in [0.15, 0.2) is 18.3 Å². The van der Waals surface area contributed by atoms with E-state index < -0.39 is 5.97 Å². The topological polar surface area (TPSA) is 54.6 Å². The molecule has 0 spiro atoms. The first-order valence-electron chi connectivity index (χ1n) is 4.84. The Balaban J connectivity index is 2.78. The maximum atomic E-state index is 10.9. The lowest BCUT2D eigenvalue weighted by Gasteiger charge is -2.03. The number of aryl methyl sites for hydroxylation is 2. The molecule has 15 heavy (non-hydrogen) atoms. The zero-order chi connectivity index (χ0) is 11.0. The molecule has 0 saturated heterocycles. The first kappa shape index (κ1) is 9.71. The third-order valence-corrected chi connectivity index (χ3v) is 2.46. The van der Waals surface area contributed by atoms with Gasteiger partial charge in [-0.1, -0.05) is 6.92 Å². The first-order chi connectivity index (χ1) is 7.13. The summed E-state index contributed by atoms with van der Waals surface area (Å²) in [6, 6.07) is 3.55. The Morgan fingerprint density at radius 3 is 2.93 bits per heavy atom. The molecule has 4 heteroatoms. The molecule has 0 aliphatic rings. The Hall–Kier alpha value is -1.84. The van der Waals surface area contributed by atoms with Crippen LogP contribution in [0.4, 0.5) is 0 Å². The van der Waals surface area contributed by atoms with Crippen LogP contribution in [0.5, 0.6) is 0 Å². The Kier molecular flexibility index (Phi) is 2.19. The number of hydrogen-bond acceptors (Lipinski definition) is 2. The van der Waals surface area contributed by atoms with Gasteiger partial charge in [0, 0.05) is 17.6 Å². The van der Waals surface area contributed by atoms with Gasteiger partial charge in [-0.15, -0.1) is 0 Å². The third kappa shape index (κ3) is 1.48. The summed E-state index contributed by atoms with van der Waals surface area (Å²) < 4.78 is 1.79. The lowest BCUT2D eigenvalue weighted by molar-refractivity contribution is 0.0699. The van der Waals surface area contributed by atoms with Gasteiger partial charge in [0.2, 0.25) is 0 Å². The van der Waals surface area contributed by atoms with Crippen molar-refractivity contribution in [2.75, 3.05) is 0 Å². The van der Waals surface area contributed by atoms with Gasteiger partial charge in [0.05, 0.1) is 0 Å². The number of carbonyl (C=O) groups is 1. The molecule has 4 nitrogen and oxygen atoms in total. The fourth-order valence-electron chi connectivity index (χ4n) is 1.65. The van der Waals surface area contributed by atoms with Crippen LogP contribution in [0.25, 0.3) is 5.65 Å². The number of fused-ring (bicyclic) bond motifs is 1. The van der Waals surface area contributed by atoms with E-state index in [-0.39, 0.29) is 5.56 Å². The molecule has 2 rings (SSSR count). The largest absolute Gasteiger partial charge is 0.478 e. The van der Waals surface area contributed by atoms with E-state index in [4.69, 9.17) is 5.11 Å². The summed E-state index contributed by atoms with van der Waals surface area (Å²) >= 11 is 0. The van der Waals surface area contributed by atoms with E-state index in [1.54, 1.807) is 16.7 Å². The van der Waals surface area contributed by atoms with Crippen LogP contribution in [-0.2, 0) is 6.42 Å². The summed E-state index contributed by atoms with van der Waals surface area (Å²) in [4.78, 5) is 15.3. The fraction of sp³-hybridized carbons (Fsp3) is 0.273. The number of carboxylic acid groups (broad SMARTS) is 1. The molecule has 0 radical (unpaired) electrons. The zero-order valence-corrected chi connectivity index (χ0v) is 8.69. The molecule has 0 amide bonds. The van der Waals surface area contributed by atoms with Crippen LogP contribution < -0.4 is 0 Å². The number of carboxylic acids is 1. The van der Waals surface area contributed by atoms with Gasteiger partial charge in [0.1, 0.15) is 5.56 Å². The summed E-state index contributed by atoms with van der Waals surface area (Å²) in [5.74, 6) is -0.933. The van der Waals surface area contributed by atoms with Gasteiger partial charge in [-0.25, -0.2) is 9.78 Å². The molecule has 0 bridgehead atoms. The summed E-state index contributed by atoms with van der Waals surface area (Å²) in [7, 11) is 0. The molecule has 1 N–H and O–H groups in total. The minimum atomic E-state index is -0.933. The van der Waals surface area contributed by atoms with Crippen LogP contribution >= 0.6 is 0 Å². The highest BCUT2D eigenvalue weighted by Crippen LogP contribution is 2.14. The number of rotatable bonds is 2. The quantitative estimate of drug-likeness (QED) is 0.812. The lowest BCUT2D eigenvalue weighted by Crippen LogP contribution is -2.01. The highest BCUT2D eigenvalue weighted by atomic mass is 16.4. The van der Waals surface area contributed by atoms with Crippen molar-refractivity contribution in [2.45, 2.75) is 20.3 Å². The van der Waals surface area contributed by atoms with E-state index in [2.05, 4.69) is 4.98 Å². The van der Waals surface area contributed by atoms with Crippen molar-refractivity contribution in [3.05, 3.63) is 35.3 Å². The van der Waals surface area contributed by atoms with E-state index >= 15 is 0 Å². The lowest BCUT2D eigenvalue weighted by atomic mass is 10.2. The SMILES string of the molecule is CCc1cc(C)n2ccc(C(=O)O)c2n1. The molecule has 0 aliphatic carbocycles. The van der Waals surface area contributed by atoms with Gasteiger partial charge >= 0.3 is 5.97 Å². The standard InChI is InChI=1S/C11H12N2O2/c1-3-8-6-7(2)13-5-4-9(11(14)15)10(13)12-8/h4-6H,3H2,1-2H3,(H,14,15). The number of aromatic nitrogens is 2. The van der Waals surface area contributed by atoms with Gasteiger partial charge in [-0.2, -0.15) is 0 Å². The number of nitrogens with zero attached hydrogens (tertiary/aromatic N) is 2. The molecule has 2 aromatic rings. The second-order valence-corrected chi connectivity index (χ2v) is 3.47. The summed E-state index contributed by atoms with van der Waals surface area (Å²) in [6.07, 6.45) is 2.54. The number of aromatic carboxylic acids is 1. The van der Waals surface area contributed by atoms with E-state index in [9.17, 15) is 4.79 Å². The van der Waals surface area contributed by atoms with Crippen molar-refractivity contribution in [1.29, 1.82) is 0 Å². The van der Waals surface area contributed by atoms with E-state index in [1.807, 2.05) is 19.9 Å². The number of hydrogen-bond donors (Lipinski definition) is 1. The summed E-state index contributed by atoms with van der Waals surface area (Å²) in [5, 5.41) is 8.97. The maximum Gasteiger partial charge on any atom is 0.339 e. The van der Waals surface area contributed by atoms with Crippen molar-refractivity contribution in [3.8, 4) is 0 Å². The molecule has 78 valence electrons. The van der Waals surface area contributed by atoms with Gasteiger partial charge in [-0.3, -0.25) is 0 Å². The van der Waals surface area contributed by atoms with E-state index in [0.717, 1.165) is 17.8 Å². The second kappa shape index (κ2) is 3.38. The zero-order valence-electron chi connectivity index (χ0n) is 8.69. The molecule has 2 aromatic heterocycles. The monoisotopic (exact) mass is 204 g/mol. The Bertz CT molecular complexity index is 529. The van der Waals surface area contributed by atoms with Crippen molar-refractivity contribution < 1.29 is 9.90 Å². The van der Waals surface area contributed by atoms with Crippen LogP contribution in [-0.4, -0.2) is 20.5 Å². The van der Waals surface area contributed by atoms with E-state index in [1.165, 1.54) is 0 Å². The Labute approximate surface area is 87.2 Å². The first-order valence-corrected chi connectivity index (χ1v) is 4.84. The van der Waals surface area contributed by atoms with Gasteiger partial charge in [0.25, 0.3) is 0 Å². The van der Waals surface area contributed by atoms with Gasteiger partial charge in [-0.05, 0) is 25.5 Å². The molecule has 0 saturated carbocycles. The molecule has 0 unspecified atom stereocenters. The highest BCUT2D eigenvalue weighted by Gasteiger charge is 2.12. The van der Waals surface area contributed by atoms with Crippen molar-refractivity contribution in [2.24, 2.45) is 0 Å². The molecule has 0 aliphatic heterocycles. The Morgan fingerprint density at radius 2 is 2.33 bits per heavy atom. The molecular weight excluding hydrogens is 192 g/mol. The van der Waals surface area contributed by atoms with Crippen molar-refractivity contribution in [3.63, 3.8) is 0 Å². The van der Waals surface area contributed by atoms with Crippen molar-refractivity contribution in [1.82, 2.24) is 9.38 Å². The summed E-state index contributed by atoms with van der Waals surface area (Å²) in [6.45, 7) is 3.95. The average Bonchev–Trinajstić information content (AvgIpc) is 2.61. The minimum Gasteiger partial charge on any atom is -0.478 e. The van der Waals surface area contributed by atoms with E-state index in [0.29, 0.717) is 5.65 Å². The average molecular weight is 204 g/mol. The van der Waals surface area contributed by atoms with Crippen LogP contribution in [0.3, 0.4) is 0 Å². The smallest absolute Gasteiger partial charge is 0.339 e. The molecule has 2 heterocycles. The molecule has 0 fully saturated rings. The molecule has 0 aromatic carbocycles. The molecule has 0 atom stereocenters. The van der Waals surface area contributed by atoms with Crippen LogP contribution in [0.1, 0.15) is 28.7 Å².